The van der Waals surface area contributed by atoms with Crippen molar-refractivity contribution in [3.8, 4) is 107 Å². The van der Waals surface area contributed by atoms with Crippen LogP contribution < -0.4 is 0 Å². The molecule has 0 radical (unpaired) electrons. The summed E-state index contributed by atoms with van der Waals surface area (Å²) in [6.07, 6.45) is 0. The Labute approximate surface area is 607 Å². The van der Waals surface area contributed by atoms with Crippen molar-refractivity contribution in [1.82, 2.24) is 23.3 Å². The van der Waals surface area contributed by atoms with E-state index in [2.05, 4.69) is 391 Å². The van der Waals surface area contributed by atoms with Crippen molar-refractivity contribution in [2.75, 3.05) is 0 Å². The van der Waals surface area contributed by atoms with Gasteiger partial charge in [-0.05, 0) is 181 Å². The summed E-state index contributed by atoms with van der Waals surface area (Å²) in [6, 6.07) is 129. The van der Waals surface area contributed by atoms with Crippen LogP contribution in [0.3, 0.4) is 0 Å². The molecule has 0 aliphatic heterocycles. The number of nitrogens with zero attached hydrogens (tertiary/aromatic N) is 6. The van der Waals surface area contributed by atoms with Gasteiger partial charge in [-0.25, -0.2) is 4.98 Å². The molecule has 20 aromatic rings. The van der Waals surface area contributed by atoms with Gasteiger partial charge in [-0.3, -0.25) is 0 Å². The smallest absolute Gasteiger partial charge is 0.100 e. The average molecular weight is 1340 g/mol. The number of pyridine rings is 1. The summed E-state index contributed by atoms with van der Waals surface area (Å²) < 4.78 is 9.60. The number of rotatable bonds is 11. The van der Waals surface area contributed by atoms with Gasteiger partial charge in [0.05, 0.1) is 61.1 Å². The average Bonchev–Trinajstić information content (AvgIpc) is 1.38. The molecule has 0 atom stereocenters. The molecule has 0 amide bonds. The van der Waals surface area contributed by atoms with Gasteiger partial charge in [0.25, 0.3) is 0 Å². The van der Waals surface area contributed by atoms with Crippen LogP contribution in [0.15, 0.2) is 346 Å². The van der Waals surface area contributed by atoms with E-state index in [1.807, 2.05) is 0 Å². The number of fused-ring (bicyclic) bond motifs is 12. The number of benzene rings is 15. The Hall–Kier alpha value is -13.9. The van der Waals surface area contributed by atoms with E-state index >= 15 is 0 Å². The third-order valence-electron chi connectivity index (χ3n) is 21.6. The van der Waals surface area contributed by atoms with Gasteiger partial charge in [0.15, 0.2) is 0 Å². The van der Waals surface area contributed by atoms with Crippen LogP contribution in [-0.4, -0.2) is 23.3 Å². The Morgan fingerprint density at radius 2 is 0.562 bits per heavy atom. The van der Waals surface area contributed by atoms with Gasteiger partial charge >= 0.3 is 0 Å². The fourth-order valence-corrected chi connectivity index (χ4v) is 17.0. The first-order chi connectivity index (χ1) is 51.8. The monoisotopic (exact) mass is 1340 g/mol. The number of aryl methyl sites for hydroxylation is 3. The predicted octanol–water partition coefficient (Wildman–Crippen LogP) is 25.9. The van der Waals surface area contributed by atoms with Gasteiger partial charge in [0.1, 0.15) is 6.07 Å². The van der Waals surface area contributed by atoms with Crippen LogP contribution >= 0.6 is 0 Å². The lowest BCUT2D eigenvalue weighted by atomic mass is 9.75. The van der Waals surface area contributed by atoms with Crippen molar-refractivity contribution < 1.29 is 0 Å². The van der Waals surface area contributed by atoms with E-state index in [-0.39, 0.29) is 0 Å². The molecule has 0 aliphatic carbocycles. The van der Waals surface area contributed by atoms with Crippen molar-refractivity contribution in [2.24, 2.45) is 0 Å². The van der Waals surface area contributed by atoms with E-state index in [1.165, 1.54) is 49.0 Å². The minimum atomic E-state index is 0.541. The van der Waals surface area contributed by atoms with Crippen LogP contribution in [0.25, 0.3) is 188 Å². The quantitative estimate of drug-likeness (QED) is 0.130. The normalized spacial score (nSPS) is 11.8. The lowest BCUT2D eigenvalue weighted by Crippen LogP contribution is -2.05. The van der Waals surface area contributed by atoms with Crippen LogP contribution in [0.5, 0.6) is 0 Å². The summed E-state index contributed by atoms with van der Waals surface area (Å²) >= 11 is 0. The standard InChI is InChI=1S/C99H66N6/c1-62-38-53-91-81(56-62)76-29-14-17-34-87(76)102(91)72-47-41-67(42-48-72)94-84(61-100)98(80-33-21-32-79-75-28-13-20-37-90(75)105(99(79)80)71-26-11-6-12-27-71)96(69-45-51-74(52-46-69)104-89-36-19-16-31-78(89)83-58-64(3)40-55-93(83)104)95(97(94)70-59-85(65-22-7-4-8-23-65)101-86(60-70)66-24-9-5-10-25-66)68-43-49-73(50-44-68)103-88-35-18-15-30-77(88)82-57-63(2)39-54-92(82)103/h4-60H,1-3H3. The number of hydrogen-bond acceptors (Lipinski definition) is 2. The number of hydrogen-bond donors (Lipinski definition) is 0. The molecule has 0 fully saturated rings. The Bertz CT molecular complexity index is 6890. The molecule has 5 heterocycles. The van der Waals surface area contributed by atoms with Crippen molar-refractivity contribution in [1.29, 1.82) is 5.26 Å². The van der Waals surface area contributed by atoms with Crippen molar-refractivity contribution in [3.05, 3.63) is 368 Å². The zero-order valence-corrected chi connectivity index (χ0v) is 58.1. The Balaban J connectivity index is 0.965. The van der Waals surface area contributed by atoms with E-state index in [9.17, 15) is 5.26 Å². The molecule has 15 aromatic carbocycles. The second kappa shape index (κ2) is 24.5. The van der Waals surface area contributed by atoms with E-state index < -0.39 is 0 Å². The molecule has 105 heavy (non-hydrogen) atoms. The van der Waals surface area contributed by atoms with E-state index in [4.69, 9.17) is 4.98 Å². The first-order valence-corrected chi connectivity index (χ1v) is 36.0. The van der Waals surface area contributed by atoms with E-state index in [0.29, 0.717) is 5.56 Å². The molecule has 0 N–H and O–H groups in total. The topological polar surface area (TPSA) is 56.4 Å². The molecule has 0 saturated heterocycles. The zero-order chi connectivity index (χ0) is 70.0. The van der Waals surface area contributed by atoms with Crippen molar-refractivity contribution >= 4 is 87.2 Å². The Morgan fingerprint density at radius 1 is 0.238 bits per heavy atom. The van der Waals surface area contributed by atoms with Crippen LogP contribution in [0.2, 0.25) is 0 Å². The SMILES string of the molecule is Cc1ccc2c(c1)c1ccccc1n2-c1ccc(-c2c(C#N)c(-c3cccc4c5ccccc5n(-c5ccccc5)c34)c(-c3ccc(-n4c5ccccc5c5cc(C)ccc54)cc3)c(-c3ccc(-n4c5ccccc5c5cc(C)ccc54)cc3)c2-c2cc(-c3ccccc3)nc(-c3ccccc3)c2)cc1. The molecular formula is C99H66N6. The van der Waals surface area contributed by atoms with Gasteiger partial charge < -0.3 is 18.3 Å². The van der Waals surface area contributed by atoms with Crippen molar-refractivity contribution in [2.45, 2.75) is 20.8 Å². The Morgan fingerprint density at radius 3 is 0.981 bits per heavy atom. The maximum absolute atomic E-state index is 13.2. The second-order valence-corrected chi connectivity index (χ2v) is 27.9. The Kier molecular flexibility index (Phi) is 14.2. The van der Waals surface area contributed by atoms with Crippen LogP contribution in [0, 0.1) is 32.1 Å². The molecule has 0 unspecified atom stereocenters. The third kappa shape index (κ3) is 9.81. The second-order valence-electron chi connectivity index (χ2n) is 27.9. The maximum atomic E-state index is 13.2. The highest BCUT2D eigenvalue weighted by Gasteiger charge is 2.32. The summed E-state index contributed by atoms with van der Waals surface area (Å²) in [7, 11) is 0. The maximum Gasteiger partial charge on any atom is 0.100 e. The fourth-order valence-electron chi connectivity index (χ4n) is 17.0. The highest BCUT2D eigenvalue weighted by Crippen LogP contribution is 2.56. The van der Waals surface area contributed by atoms with Crippen LogP contribution in [-0.2, 0) is 0 Å². The number of nitriles is 1. The van der Waals surface area contributed by atoms with Crippen LogP contribution in [0.1, 0.15) is 22.3 Å². The molecule has 0 aliphatic rings. The molecular weight excluding hydrogens is 1270 g/mol. The van der Waals surface area contributed by atoms with Gasteiger partial charge in [-0.1, -0.05) is 241 Å². The molecule has 0 bridgehead atoms. The van der Waals surface area contributed by atoms with Gasteiger partial charge in [-0.2, -0.15) is 5.26 Å². The molecule has 0 spiro atoms. The predicted molar refractivity (Wildman–Crippen MR) is 439 cm³/mol. The van der Waals surface area contributed by atoms with E-state index in [1.54, 1.807) is 0 Å². The van der Waals surface area contributed by atoms with Crippen LogP contribution in [0.4, 0.5) is 0 Å². The summed E-state index contributed by atoms with van der Waals surface area (Å²) in [5.41, 5.74) is 29.7. The first-order valence-electron chi connectivity index (χ1n) is 36.0. The number of aromatic nitrogens is 5. The lowest BCUT2D eigenvalue weighted by Gasteiger charge is -2.27. The first kappa shape index (κ1) is 61.0. The van der Waals surface area contributed by atoms with Gasteiger partial charge in [0, 0.05) is 93.7 Å². The summed E-state index contributed by atoms with van der Waals surface area (Å²) in [5, 5.41) is 22.6. The molecule has 6 nitrogen and oxygen atoms in total. The van der Waals surface area contributed by atoms with Crippen molar-refractivity contribution in [3.63, 3.8) is 0 Å². The number of para-hydroxylation sites is 6. The molecule has 5 aromatic heterocycles. The largest absolute Gasteiger partial charge is 0.309 e. The summed E-state index contributed by atoms with van der Waals surface area (Å²) in [5.74, 6) is 0. The molecule has 6 heteroatoms. The van der Waals surface area contributed by atoms with Gasteiger partial charge in [0.2, 0.25) is 0 Å². The highest BCUT2D eigenvalue weighted by atomic mass is 15.0. The minimum absolute atomic E-state index is 0.541. The zero-order valence-electron chi connectivity index (χ0n) is 58.1. The lowest BCUT2D eigenvalue weighted by molar-refractivity contribution is 1.18. The summed E-state index contributed by atoms with van der Waals surface area (Å²) in [4.78, 5) is 5.58. The highest BCUT2D eigenvalue weighted by molar-refractivity contribution is 6.19. The van der Waals surface area contributed by atoms with E-state index in [0.717, 1.165) is 156 Å². The summed E-state index contributed by atoms with van der Waals surface area (Å²) in [6.45, 7) is 6.51. The molecule has 20 rings (SSSR count). The molecule has 492 valence electrons. The molecule has 0 saturated carbocycles. The van der Waals surface area contributed by atoms with Gasteiger partial charge in [-0.15, -0.1) is 0 Å². The minimum Gasteiger partial charge on any atom is -0.309 e. The third-order valence-corrected chi connectivity index (χ3v) is 21.6. The fraction of sp³-hybridized carbons (Fsp3) is 0.0303.